The lowest BCUT2D eigenvalue weighted by Crippen LogP contribution is -2.66. The topological polar surface area (TPSA) is 150 Å². The molecule has 0 radical (unpaired) electrons. The third-order valence-corrected chi connectivity index (χ3v) is 19.1. The summed E-state index contributed by atoms with van der Waals surface area (Å²) in [5.74, 6) is 0.0295. The molecule has 0 unspecified atom stereocenters. The smallest absolute Gasteiger partial charge is 0.414 e. The Bertz CT molecular complexity index is 1340. The van der Waals surface area contributed by atoms with Gasteiger partial charge in [0.05, 0.1) is 12.9 Å². The van der Waals surface area contributed by atoms with Gasteiger partial charge in [0.1, 0.15) is 24.1 Å². The maximum absolute atomic E-state index is 13.6. The number of aromatic nitrogens is 4. The highest BCUT2D eigenvalue weighted by molar-refractivity contribution is 7.87. The summed E-state index contributed by atoms with van der Waals surface area (Å²) in [6.45, 7) is 15.7. The van der Waals surface area contributed by atoms with Gasteiger partial charge in [0.25, 0.3) is 0 Å². The number of nitrogens with two attached hydrogens (primary N) is 1. The van der Waals surface area contributed by atoms with Gasteiger partial charge in [-0.15, -0.1) is 0 Å². The van der Waals surface area contributed by atoms with Crippen molar-refractivity contribution >= 4 is 44.2 Å². The van der Waals surface area contributed by atoms with Crippen LogP contribution in [0.4, 0.5) is 19.0 Å². The minimum absolute atomic E-state index is 0.000790. The molecule has 2 saturated heterocycles. The fourth-order valence-corrected chi connectivity index (χ4v) is 17.5. The fourth-order valence-electron chi connectivity index (χ4n) is 5.71. The second-order valence-electron chi connectivity index (χ2n) is 11.7. The molecular formula is C23H38F3N5O7SSi2. The molecular weight excluding hydrogens is 604 g/mol. The molecule has 41 heavy (non-hydrogen) atoms. The van der Waals surface area contributed by atoms with Crippen molar-refractivity contribution in [2.75, 3.05) is 12.3 Å². The third-order valence-electron chi connectivity index (χ3n) is 7.80. The first kappa shape index (κ1) is 32.2. The molecule has 2 aliphatic rings. The lowest BCUT2D eigenvalue weighted by molar-refractivity contribution is -0.0694. The first-order valence-corrected chi connectivity index (χ1v) is 18.8. The van der Waals surface area contributed by atoms with Gasteiger partial charge in [-0.1, -0.05) is 55.4 Å². The van der Waals surface area contributed by atoms with Gasteiger partial charge in [-0.2, -0.15) is 21.6 Å². The summed E-state index contributed by atoms with van der Waals surface area (Å²) in [5, 5.41) is 0. The molecule has 0 amide bonds. The number of hydrogen-bond donors (Lipinski definition) is 1. The van der Waals surface area contributed by atoms with Crippen LogP contribution in [-0.4, -0.2) is 75.5 Å². The van der Waals surface area contributed by atoms with E-state index in [4.69, 9.17) is 27.6 Å². The molecule has 2 aromatic rings. The van der Waals surface area contributed by atoms with Gasteiger partial charge in [0, 0.05) is 0 Å². The molecule has 0 bridgehead atoms. The molecule has 0 aromatic carbocycles. The molecule has 2 N–H and O–H groups in total. The van der Waals surface area contributed by atoms with E-state index in [1.807, 2.05) is 55.4 Å². The molecule has 2 aliphatic heterocycles. The lowest BCUT2D eigenvalue weighted by Gasteiger charge is -2.51. The lowest BCUT2D eigenvalue weighted by atomic mass is 10.1. The van der Waals surface area contributed by atoms with Gasteiger partial charge in [0.15, 0.2) is 23.8 Å². The third kappa shape index (κ3) is 5.45. The van der Waals surface area contributed by atoms with Gasteiger partial charge in [0.2, 0.25) is 0 Å². The van der Waals surface area contributed by atoms with Crippen LogP contribution in [0.5, 0.6) is 0 Å². The normalized spacial score (nSPS) is 27.1. The predicted octanol–water partition coefficient (Wildman–Crippen LogP) is 4.50. The molecule has 4 heterocycles. The number of rotatable bonds is 7. The summed E-state index contributed by atoms with van der Waals surface area (Å²) < 4.78 is 98.7. The molecule has 4 rings (SSSR count). The number of alkyl halides is 3. The largest absolute Gasteiger partial charge is 0.523 e. The summed E-state index contributed by atoms with van der Waals surface area (Å²) in [6, 6.07) is 0. The minimum atomic E-state index is -6.07. The number of halogens is 3. The Hall–Kier alpha value is -1.68. The van der Waals surface area contributed by atoms with E-state index in [1.165, 1.54) is 10.9 Å². The summed E-state index contributed by atoms with van der Waals surface area (Å²) in [5.41, 5.74) is 0.143. The SMILES string of the molecule is CC(C)[Si]1(C(C)C)OC[C@H]2O[C@@H](n3cnc4c(N)ncnc43)[C@@H](OS(=O)(=O)C(F)(F)F)[C@@H]2O[Si](C(C)C)(C(C)C)O1. The minimum Gasteiger partial charge on any atom is -0.414 e. The number of ether oxygens (including phenoxy) is 1. The van der Waals surface area contributed by atoms with Crippen LogP contribution in [-0.2, 0) is 32.0 Å². The van der Waals surface area contributed by atoms with E-state index in [1.54, 1.807) is 0 Å². The predicted molar refractivity (Wildman–Crippen MR) is 147 cm³/mol. The Kier molecular flexibility index (Phi) is 8.74. The van der Waals surface area contributed by atoms with Crippen molar-refractivity contribution in [1.29, 1.82) is 0 Å². The first-order chi connectivity index (χ1) is 18.9. The number of hydrogen-bond acceptors (Lipinski definition) is 11. The van der Waals surface area contributed by atoms with Crippen molar-refractivity contribution in [3.05, 3.63) is 12.7 Å². The van der Waals surface area contributed by atoms with Crippen LogP contribution >= 0.6 is 0 Å². The van der Waals surface area contributed by atoms with Crippen molar-refractivity contribution in [2.45, 2.75) is 108 Å². The second kappa shape index (κ2) is 11.1. The number of imidazole rings is 1. The molecule has 18 heteroatoms. The zero-order valence-electron chi connectivity index (χ0n) is 24.2. The van der Waals surface area contributed by atoms with Crippen LogP contribution in [0, 0.1) is 0 Å². The average Bonchev–Trinajstić information content (AvgIpc) is 3.39. The monoisotopic (exact) mass is 641 g/mol. The first-order valence-electron chi connectivity index (χ1n) is 13.5. The van der Waals surface area contributed by atoms with Gasteiger partial charge in [-0.3, -0.25) is 8.75 Å². The fraction of sp³-hybridized carbons (Fsp3) is 0.783. The Morgan fingerprint density at radius 2 is 1.59 bits per heavy atom. The zero-order chi connectivity index (χ0) is 30.7. The van der Waals surface area contributed by atoms with E-state index in [-0.39, 0.29) is 45.8 Å². The van der Waals surface area contributed by atoms with Crippen molar-refractivity contribution in [1.82, 2.24) is 19.5 Å². The summed E-state index contributed by atoms with van der Waals surface area (Å²) >= 11 is 0. The molecule has 232 valence electrons. The number of fused-ring (bicyclic) bond motifs is 2. The van der Waals surface area contributed by atoms with E-state index in [0.717, 1.165) is 6.33 Å². The standard InChI is InChI=1S/C23H38F3N5O7SSi2/c1-12(2)40(13(3)4)34-9-16-18(37-41(38-40,14(5)6)15(7)8)19(36-39(32,33)23(24,25)26)22(35-16)31-11-30-17-20(27)28-10-29-21(17)31/h10-16,18-19,22H,9H2,1-8H3,(H2,27,28,29)/t16-,18-,19+,22-/m1/s1. The number of nitrogens with zero attached hydrogens (tertiary/aromatic N) is 4. The number of anilines is 1. The van der Waals surface area contributed by atoms with Crippen LogP contribution in [0.1, 0.15) is 61.6 Å². The Morgan fingerprint density at radius 3 is 2.12 bits per heavy atom. The van der Waals surface area contributed by atoms with Crippen LogP contribution in [0.2, 0.25) is 22.2 Å². The summed E-state index contributed by atoms with van der Waals surface area (Å²) in [4.78, 5) is 12.2. The van der Waals surface area contributed by atoms with Gasteiger partial charge >= 0.3 is 32.7 Å². The molecule has 4 atom stereocenters. The molecule has 0 aliphatic carbocycles. The molecule has 0 saturated carbocycles. The average molecular weight is 642 g/mol. The number of nitrogen functional groups attached to an aromatic ring is 1. The highest BCUT2D eigenvalue weighted by Crippen LogP contribution is 2.49. The van der Waals surface area contributed by atoms with Crippen molar-refractivity contribution in [2.24, 2.45) is 0 Å². The van der Waals surface area contributed by atoms with E-state index in [2.05, 4.69) is 15.0 Å². The van der Waals surface area contributed by atoms with Crippen LogP contribution < -0.4 is 5.73 Å². The van der Waals surface area contributed by atoms with Crippen LogP contribution in [0.25, 0.3) is 11.2 Å². The van der Waals surface area contributed by atoms with E-state index in [9.17, 15) is 21.6 Å². The second-order valence-corrected chi connectivity index (χ2v) is 22.1. The molecule has 0 spiro atoms. The maximum atomic E-state index is 13.6. The van der Waals surface area contributed by atoms with Crippen molar-refractivity contribution < 1.29 is 43.5 Å². The van der Waals surface area contributed by atoms with E-state index >= 15 is 0 Å². The van der Waals surface area contributed by atoms with Crippen LogP contribution in [0.3, 0.4) is 0 Å². The van der Waals surface area contributed by atoms with E-state index in [0.29, 0.717) is 0 Å². The highest BCUT2D eigenvalue weighted by atomic mass is 32.2. The van der Waals surface area contributed by atoms with Crippen molar-refractivity contribution in [3.8, 4) is 0 Å². The molecule has 12 nitrogen and oxygen atoms in total. The van der Waals surface area contributed by atoms with Gasteiger partial charge in [-0.25, -0.2) is 15.0 Å². The zero-order valence-corrected chi connectivity index (χ0v) is 27.1. The maximum Gasteiger partial charge on any atom is 0.523 e. The van der Waals surface area contributed by atoms with Crippen LogP contribution in [0.15, 0.2) is 12.7 Å². The quantitative estimate of drug-likeness (QED) is 0.259. The molecule has 2 aromatic heterocycles. The molecule has 2 fully saturated rings. The van der Waals surface area contributed by atoms with Crippen molar-refractivity contribution in [3.63, 3.8) is 0 Å². The van der Waals surface area contributed by atoms with Gasteiger partial charge < -0.3 is 23.4 Å². The summed E-state index contributed by atoms with van der Waals surface area (Å²) in [6.07, 6.45) is -3.12. The van der Waals surface area contributed by atoms with Gasteiger partial charge in [-0.05, 0) is 22.2 Å². The van der Waals surface area contributed by atoms with E-state index < -0.39 is 57.3 Å². The highest BCUT2D eigenvalue weighted by Gasteiger charge is 2.63. The Balaban J connectivity index is 1.91. The Labute approximate surface area is 239 Å². The Morgan fingerprint density at radius 1 is 1.00 bits per heavy atom. The summed E-state index contributed by atoms with van der Waals surface area (Å²) in [7, 11) is -12.5.